The number of benzene rings is 2. The van der Waals surface area contributed by atoms with Crippen molar-refractivity contribution in [2.75, 3.05) is 13.2 Å². The number of esters is 3. The van der Waals surface area contributed by atoms with E-state index < -0.39 is 17.9 Å². The largest absolute Gasteiger partial charge is 0.459 e. The molecule has 0 aromatic heterocycles. The number of hydrogen-bond donors (Lipinski definition) is 0. The van der Waals surface area contributed by atoms with E-state index in [1.54, 1.807) is 26.0 Å². The molecule has 0 amide bonds. The van der Waals surface area contributed by atoms with Crippen LogP contribution >= 0.6 is 0 Å². The SMILES string of the molecule is C=C(C)C(=O)OCCOC(=O)c1cc(C)cc(-c2ccc(COC(=O)C(=C)C)cc2)c1. The van der Waals surface area contributed by atoms with Gasteiger partial charge in [0.2, 0.25) is 0 Å². The van der Waals surface area contributed by atoms with Gasteiger partial charge in [0.05, 0.1) is 5.56 Å². The Bertz CT molecular complexity index is 1000. The highest BCUT2D eigenvalue weighted by Crippen LogP contribution is 2.23. The number of ether oxygens (including phenoxy) is 3. The third-order valence-corrected chi connectivity index (χ3v) is 4.22. The van der Waals surface area contributed by atoms with Crippen LogP contribution in [-0.2, 0) is 30.4 Å². The molecule has 0 saturated heterocycles. The topological polar surface area (TPSA) is 78.9 Å². The Morgan fingerprint density at radius 2 is 1.35 bits per heavy atom. The van der Waals surface area contributed by atoms with Gasteiger partial charge in [-0.15, -0.1) is 0 Å². The average Bonchev–Trinajstić information content (AvgIpc) is 2.74. The molecule has 2 aromatic rings. The molecule has 0 spiro atoms. The number of carbonyl (C=O) groups excluding carboxylic acids is 3. The molecule has 0 aliphatic carbocycles. The highest BCUT2D eigenvalue weighted by atomic mass is 16.6. The van der Waals surface area contributed by atoms with Crippen molar-refractivity contribution in [1.29, 1.82) is 0 Å². The van der Waals surface area contributed by atoms with Crippen LogP contribution < -0.4 is 0 Å². The van der Waals surface area contributed by atoms with Gasteiger partial charge in [0.15, 0.2) is 0 Å². The van der Waals surface area contributed by atoms with Crippen LogP contribution in [-0.4, -0.2) is 31.1 Å². The standard InChI is InChI=1S/C25H26O6/c1-16(2)23(26)29-10-11-30-25(28)22-13-18(5)12-21(14-22)20-8-6-19(7-9-20)15-31-24(27)17(3)4/h6-9,12-14H,1,3,10-11,15H2,2,4-5H3. The van der Waals surface area contributed by atoms with Crippen molar-refractivity contribution < 1.29 is 28.6 Å². The summed E-state index contributed by atoms with van der Waals surface area (Å²) in [5, 5.41) is 0. The minimum absolute atomic E-state index is 0.0342. The molecule has 0 radical (unpaired) electrons. The van der Waals surface area contributed by atoms with Gasteiger partial charge in [-0.3, -0.25) is 0 Å². The van der Waals surface area contributed by atoms with Gasteiger partial charge >= 0.3 is 17.9 Å². The Balaban J connectivity index is 2.02. The van der Waals surface area contributed by atoms with Crippen molar-refractivity contribution in [3.8, 4) is 11.1 Å². The average molecular weight is 422 g/mol. The Labute approximate surface area is 182 Å². The van der Waals surface area contributed by atoms with Crippen LogP contribution in [0.1, 0.15) is 35.3 Å². The molecule has 6 nitrogen and oxygen atoms in total. The maximum atomic E-state index is 12.4. The molecule has 2 aromatic carbocycles. The van der Waals surface area contributed by atoms with Crippen LogP contribution in [0.3, 0.4) is 0 Å². The van der Waals surface area contributed by atoms with E-state index in [2.05, 4.69) is 13.2 Å². The summed E-state index contributed by atoms with van der Waals surface area (Å²) >= 11 is 0. The van der Waals surface area contributed by atoms with Crippen molar-refractivity contribution in [2.24, 2.45) is 0 Å². The van der Waals surface area contributed by atoms with Crippen molar-refractivity contribution in [3.63, 3.8) is 0 Å². The summed E-state index contributed by atoms with van der Waals surface area (Å²) in [7, 11) is 0. The molecule has 2 rings (SSSR count). The Morgan fingerprint density at radius 1 is 0.774 bits per heavy atom. The minimum Gasteiger partial charge on any atom is -0.459 e. The lowest BCUT2D eigenvalue weighted by atomic mass is 9.99. The number of rotatable bonds is 9. The lowest BCUT2D eigenvalue weighted by molar-refractivity contribution is -0.140. The van der Waals surface area contributed by atoms with E-state index in [-0.39, 0.29) is 25.4 Å². The van der Waals surface area contributed by atoms with E-state index in [0.717, 1.165) is 22.3 Å². The van der Waals surface area contributed by atoms with Crippen molar-refractivity contribution in [1.82, 2.24) is 0 Å². The van der Waals surface area contributed by atoms with Crippen molar-refractivity contribution in [2.45, 2.75) is 27.4 Å². The summed E-state index contributed by atoms with van der Waals surface area (Å²) in [6, 6.07) is 12.9. The van der Waals surface area contributed by atoms with E-state index in [0.29, 0.717) is 11.1 Å². The molecule has 0 N–H and O–H groups in total. The van der Waals surface area contributed by atoms with Crippen LogP contribution in [0.5, 0.6) is 0 Å². The van der Waals surface area contributed by atoms with Crippen molar-refractivity contribution in [3.05, 3.63) is 83.5 Å². The van der Waals surface area contributed by atoms with Gasteiger partial charge in [-0.2, -0.15) is 0 Å². The van der Waals surface area contributed by atoms with Crippen LogP contribution in [0, 0.1) is 6.92 Å². The molecule has 162 valence electrons. The van der Waals surface area contributed by atoms with E-state index in [9.17, 15) is 14.4 Å². The molecule has 0 aliphatic heterocycles. The first-order valence-corrected chi connectivity index (χ1v) is 9.70. The molecule has 31 heavy (non-hydrogen) atoms. The van der Waals surface area contributed by atoms with Gasteiger partial charge in [0, 0.05) is 11.1 Å². The van der Waals surface area contributed by atoms with Gasteiger partial charge < -0.3 is 14.2 Å². The normalized spacial score (nSPS) is 10.2. The van der Waals surface area contributed by atoms with Gasteiger partial charge in [-0.1, -0.05) is 43.5 Å². The fourth-order valence-corrected chi connectivity index (χ4v) is 2.61. The van der Waals surface area contributed by atoms with Crippen molar-refractivity contribution >= 4 is 17.9 Å². The molecular weight excluding hydrogens is 396 g/mol. The predicted octanol–water partition coefficient (Wildman–Crippen LogP) is 4.56. The predicted molar refractivity (Wildman–Crippen MR) is 117 cm³/mol. The summed E-state index contributed by atoms with van der Waals surface area (Å²) in [5.41, 5.74) is 4.54. The van der Waals surface area contributed by atoms with Crippen LogP contribution in [0.2, 0.25) is 0 Å². The summed E-state index contributed by atoms with van der Waals surface area (Å²) in [6.07, 6.45) is 0. The number of carbonyl (C=O) groups is 3. The molecule has 0 fully saturated rings. The zero-order valence-electron chi connectivity index (χ0n) is 18.0. The molecule has 0 atom stereocenters. The van der Waals surface area contributed by atoms with Crippen LogP contribution in [0.4, 0.5) is 0 Å². The van der Waals surface area contributed by atoms with Crippen LogP contribution in [0.25, 0.3) is 11.1 Å². The van der Waals surface area contributed by atoms with E-state index >= 15 is 0 Å². The Morgan fingerprint density at radius 3 is 1.97 bits per heavy atom. The summed E-state index contributed by atoms with van der Waals surface area (Å²) in [5.74, 6) is -1.45. The Kier molecular flexibility index (Phi) is 8.32. The zero-order valence-corrected chi connectivity index (χ0v) is 18.0. The summed E-state index contributed by atoms with van der Waals surface area (Å²) in [6.45, 7) is 12.2. The van der Waals surface area contributed by atoms with E-state index in [1.165, 1.54) is 0 Å². The van der Waals surface area contributed by atoms with Gasteiger partial charge in [-0.25, -0.2) is 14.4 Å². The second-order valence-electron chi connectivity index (χ2n) is 7.19. The molecule has 0 bridgehead atoms. The second-order valence-corrected chi connectivity index (χ2v) is 7.19. The maximum Gasteiger partial charge on any atom is 0.338 e. The smallest absolute Gasteiger partial charge is 0.338 e. The number of aryl methyl sites for hydroxylation is 1. The molecule has 0 heterocycles. The molecule has 0 unspecified atom stereocenters. The second kappa shape index (κ2) is 10.9. The van der Waals surface area contributed by atoms with E-state index in [4.69, 9.17) is 14.2 Å². The molecule has 6 heteroatoms. The lowest BCUT2D eigenvalue weighted by Gasteiger charge is -2.10. The minimum atomic E-state index is -0.522. The zero-order chi connectivity index (χ0) is 23.0. The first-order chi connectivity index (χ1) is 14.7. The van der Waals surface area contributed by atoms with Gasteiger partial charge in [-0.05, 0) is 55.2 Å². The highest BCUT2D eigenvalue weighted by Gasteiger charge is 2.11. The van der Waals surface area contributed by atoms with Gasteiger partial charge in [0.25, 0.3) is 0 Å². The van der Waals surface area contributed by atoms with E-state index in [1.807, 2.05) is 37.3 Å². The molecule has 0 saturated carbocycles. The summed E-state index contributed by atoms with van der Waals surface area (Å²) < 4.78 is 15.3. The molecule has 0 aliphatic rings. The molecular formula is C25H26O6. The fraction of sp³-hybridized carbons (Fsp3) is 0.240. The third-order valence-electron chi connectivity index (χ3n) is 4.22. The lowest BCUT2D eigenvalue weighted by Crippen LogP contribution is -2.14. The third kappa shape index (κ3) is 7.26. The Hall–Kier alpha value is -3.67. The fourth-order valence-electron chi connectivity index (χ4n) is 2.61. The first-order valence-electron chi connectivity index (χ1n) is 9.70. The monoisotopic (exact) mass is 422 g/mol. The highest BCUT2D eigenvalue weighted by molar-refractivity contribution is 5.91. The van der Waals surface area contributed by atoms with Gasteiger partial charge in [0.1, 0.15) is 19.8 Å². The summed E-state index contributed by atoms with van der Waals surface area (Å²) in [4.78, 5) is 35.2. The van der Waals surface area contributed by atoms with Crippen LogP contribution in [0.15, 0.2) is 66.8 Å². The first kappa shape index (κ1) is 23.6. The quantitative estimate of drug-likeness (QED) is 0.255. The number of hydrogen-bond acceptors (Lipinski definition) is 6. The maximum absolute atomic E-state index is 12.4.